The highest BCUT2D eigenvalue weighted by atomic mass is 35.5. The molecular formula is C16H11Cl2N3O4S. The Kier molecular flexibility index (Phi) is 4.99. The van der Waals surface area contributed by atoms with Crippen molar-refractivity contribution in [1.82, 2.24) is 10.2 Å². The molecule has 134 valence electrons. The molecule has 0 atom stereocenters. The van der Waals surface area contributed by atoms with Crippen molar-refractivity contribution < 1.29 is 17.6 Å². The standard InChI is InChI=1S/C16H11Cl2N3O4S/c1-26(23,24)13-5-3-2-4-12(13)14(22)19-16-21-20-15(25-16)9-6-10(17)8-11(18)7-9/h2-8H,1H3,(H,19,21,22). The van der Waals surface area contributed by atoms with Crippen LogP contribution in [0.1, 0.15) is 10.4 Å². The van der Waals surface area contributed by atoms with E-state index < -0.39 is 15.7 Å². The molecular weight excluding hydrogens is 401 g/mol. The van der Waals surface area contributed by atoms with Crippen LogP contribution >= 0.6 is 23.2 Å². The molecule has 0 aliphatic heterocycles. The minimum absolute atomic E-state index is 0.0273. The monoisotopic (exact) mass is 411 g/mol. The summed E-state index contributed by atoms with van der Waals surface area (Å²) in [6.07, 6.45) is 1.02. The summed E-state index contributed by atoms with van der Waals surface area (Å²) < 4.78 is 29.0. The lowest BCUT2D eigenvalue weighted by atomic mass is 10.2. The fourth-order valence-corrected chi connectivity index (χ4v) is 3.62. The molecule has 0 unspecified atom stereocenters. The maximum absolute atomic E-state index is 12.4. The molecule has 0 aliphatic carbocycles. The number of halogens is 2. The molecule has 2 aromatic carbocycles. The van der Waals surface area contributed by atoms with Gasteiger partial charge >= 0.3 is 6.01 Å². The van der Waals surface area contributed by atoms with Crippen molar-refractivity contribution in [2.45, 2.75) is 4.90 Å². The van der Waals surface area contributed by atoms with Gasteiger partial charge in [-0.1, -0.05) is 40.4 Å². The Labute approximate surface area is 158 Å². The van der Waals surface area contributed by atoms with E-state index in [1.165, 1.54) is 18.2 Å². The summed E-state index contributed by atoms with van der Waals surface area (Å²) in [5.74, 6) is -0.591. The number of sulfone groups is 1. The molecule has 3 rings (SSSR count). The smallest absolute Gasteiger partial charge is 0.322 e. The fraction of sp³-hybridized carbons (Fsp3) is 0.0625. The fourth-order valence-electron chi connectivity index (χ4n) is 2.21. The number of hydrogen-bond donors (Lipinski definition) is 1. The number of carbonyl (C=O) groups excluding carboxylic acids is 1. The number of nitrogens with one attached hydrogen (secondary N) is 1. The first kappa shape index (κ1) is 18.4. The third-order valence-corrected chi connectivity index (χ3v) is 4.88. The van der Waals surface area contributed by atoms with E-state index in [4.69, 9.17) is 27.6 Å². The van der Waals surface area contributed by atoms with Gasteiger partial charge in [0.15, 0.2) is 9.84 Å². The number of anilines is 1. The lowest BCUT2D eigenvalue weighted by molar-refractivity contribution is 0.102. The molecule has 1 heterocycles. The van der Waals surface area contributed by atoms with E-state index in [2.05, 4.69) is 15.5 Å². The Bertz CT molecular complexity index is 1080. The van der Waals surface area contributed by atoms with Gasteiger partial charge in [0.25, 0.3) is 5.91 Å². The van der Waals surface area contributed by atoms with Gasteiger partial charge in [0, 0.05) is 21.9 Å². The lowest BCUT2D eigenvalue weighted by Crippen LogP contribution is -2.16. The van der Waals surface area contributed by atoms with Gasteiger partial charge in [0.2, 0.25) is 5.89 Å². The summed E-state index contributed by atoms with van der Waals surface area (Å²) in [7, 11) is -3.57. The average molecular weight is 412 g/mol. The minimum atomic E-state index is -3.57. The van der Waals surface area contributed by atoms with Crippen LogP contribution in [0.15, 0.2) is 51.8 Å². The van der Waals surface area contributed by atoms with Gasteiger partial charge in [-0.2, -0.15) is 0 Å². The first-order valence-corrected chi connectivity index (χ1v) is 9.79. The molecule has 0 bridgehead atoms. The minimum Gasteiger partial charge on any atom is -0.403 e. The zero-order valence-corrected chi connectivity index (χ0v) is 15.6. The first-order chi connectivity index (χ1) is 12.2. The van der Waals surface area contributed by atoms with E-state index in [0.717, 1.165) is 6.26 Å². The van der Waals surface area contributed by atoms with Crippen molar-refractivity contribution >= 4 is 45.0 Å². The molecule has 0 saturated heterocycles. The summed E-state index contributed by atoms with van der Waals surface area (Å²) >= 11 is 11.9. The molecule has 1 aromatic heterocycles. The van der Waals surface area contributed by atoms with Gasteiger partial charge < -0.3 is 4.42 Å². The molecule has 0 radical (unpaired) electrons. The number of aromatic nitrogens is 2. The molecule has 1 N–H and O–H groups in total. The van der Waals surface area contributed by atoms with Crippen LogP contribution in [0.25, 0.3) is 11.5 Å². The largest absolute Gasteiger partial charge is 0.403 e. The number of carbonyl (C=O) groups is 1. The van der Waals surface area contributed by atoms with Crippen LogP contribution in [0, 0.1) is 0 Å². The van der Waals surface area contributed by atoms with Gasteiger partial charge in [-0.25, -0.2) is 8.42 Å². The maximum Gasteiger partial charge on any atom is 0.322 e. The zero-order chi connectivity index (χ0) is 18.9. The van der Waals surface area contributed by atoms with E-state index in [1.54, 1.807) is 24.3 Å². The molecule has 0 spiro atoms. The van der Waals surface area contributed by atoms with Crippen molar-refractivity contribution in [3.63, 3.8) is 0 Å². The van der Waals surface area contributed by atoms with Crippen LogP contribution in [0.5, 0.6) is 0 Å². The quantitative estimate of drug-likeness (QED) is 0.701. The maximum atomic E-state index is 12.4. The van der Waals surface area contributed by atoms with Crippen molar-refractivity contribution in [2.75, 3.05) is 11.6 Å². The van der Waals surface area contributed by atoms with Crippen LogP contribution in [0.2, 0.25) is 10.0 Å². The predicted octanol–water partition coefficient (Wildman–Crippen LogP) is 3.70. The number of rotatable bonds is 4. The average Bonchev–Trinajstić information content (AvgIpc) is 3.01. The number of nitrogens with zero attached hydrogens (tertiary/aromatic N) is 2. The molecule has 0 fully saturated rings. The van der Waals surface area contributed by atoms with Gasteiger partial charge in [0.1, 0.15) is 0 Å². The van der Waals surface area contributed by atoms with Crippen LogP contribution in [-0.4, -0.2) is 30.8 Å². The highest BCUT2D eigenvalue weighted by Crippen LogP contribution is 2.27. The summed E-state index contributed by atoms with van der Waals surface area (Å²) in [6.45, 7) is 0. The summed E-state index contributed by atoms with van der Waals surface area (Å²) in [5, 5.41) is 10.7. The second-order valence-electron chi connectivity index (χ2n) is 5.29. The normalized spacial score (nSPS) is 11.3. The van der Waals surface area contributed by atoms with E-state index in [0.29, 0.717) is 15.6 Å². The summed E-state index contributed by atoms with van der Waals surface area (Å²) in [5.41, 5.74) is 0.451. The van der Waals surface area contributed by atoms with Crippen molar-refractivity contribution in [3.8, 4) is 11.5 Å². The molecule has 26 heavy (non-hydrogen) atoms. The van der Waals surface area contributed by atoms with Crippen LogP contribution in [-0.2, 0) is 9.84 Å². The van der Waals surface area contributed by atoms with E-state index in [1.807, 2.05) is 0 Å². The predicted molar refractivity (Wildman–Crippen MR) is 97.3 cm³/mol. The highest BCUT2D eigenvalue weighted by Gasteiger charge is 2.20. The molecule has 0 saturated carbocycles. The Morgan fingerprint density at radius 1 is 1.08 bits per heavy atom. The summed E-state index contributed by atoms with van der Waals surface area (Å²) in [6, 6.07) is 10.3. The number of hydrogen-bond acceptors (Lipinski definition) is 6. The van der Waals surface area contributed by atoms with E-state index in [9.17, 15) is 13.2 Å². The third-order valence-electron chi connectivity index (χ3n) is 3.29. The highest BCUT2D eigenvalue weighted by molar-refractivity contribution is 7.90. The van der Waals surface area contributed by atoms with Crippen molar-refractivity contribution in [3.05, 3.63) is 58.1 Å². The Balaban J connectivity index is 1.87. The Morgan fingerprint density at radius 2 is 1.73 bits per heavy atom. The van der Waals surface area contributed by atoms with Gasteiger partial charge in [-0.3, -0.25) is 10.1 Å². The molecule has 0 aliphatic rings. The van der Waals surface area contributed by atoms with Crippen molar-refractivity contribution in [2.24, 2.45) is 0 Å². The second kappa shape index (κ2) is 7.06. The number of benzene rings is 2. The van der Waals surface area contributed by atoms with Crippen LogP contribution in [0.4, 0.5) is 6.01 Å². The first-order valence-electron chi connectivity index (χ1n) is 7.14. The van der Waals surface area contributed by atoms with E-state index >= 15 is 0 Å². The van der Waals surface area contributed by atoms with E-state index in [-0.39, 0.29) is 22.4 Å². The molecule has 1 amide bonds. The van der Waals surface area contributed by atoms with Crippen LogP contribution in [0.3, 0.4) is 0 Å². The lowest BCUT2D eigenvalue weighted by Gasteiger charge is -2.06. The van der Waals surface area contributed by atoms with Gasteiger partial charge in [0.05, 0.1) is 10.5 Å². The molecule has 10 heteroatoms. The summed E-state index contributed by atoms with van der Waals surface area (Å²) in [4.78, 5) is 12.3. The topological polar surface area (TPSA) is 102 Å². The van der Waals surface area contributed by atoms with Gasteiger partial charge in [-0.05, 0) is 30.3 Å². The zero-order valence-electron chi connectivity index (χ0n) is 13.2. The second-order valence-corrected chi connectivity index (χ2v) is 8.15. The number of amides is 1. The van der Waals surface area contributed by atoms with Gasteiger partial charge in [-0.15, -0.1) is 5.10 Å². The Morgan fingerprint density at radius 3 is 2.38 bits per heavy atom. The van der Waals surface area contributed by atoms with Crippen molar-refractivity contribution in [1.29, 1.82) is 0 Å². The Hall–Kier alpha value is -2.42. The molecule has 7 nitrogen and oxygen atoms in total. The third kappa shape index (κ3) is 4.04. The molecule has 3 aromatic rings. The van der Waals surface area contributed by atoms with Crippen LogP contribution < -0.4 is 5.32 Å². The SMILES string of the molecule is CS(=O)(=O)c1ccccc1C(=O)Nc1nnc(-c2cc(Cl)cc(Cl)c2)o1.